The summed E-state index contributed by atoms with van der Waals surface area (Å²) in [6.07, 6.45) is 1.37. The molecule has 118 valence electrons. The van der Waals surface area contributed by atoms with Crippen molar-refractivity contribution in [3.05, 3.63) is 11.6 Å². The molecule has 6 nitrogen and oxygen atoms in total. The van der Waals surface area contributed by atoms with Gasteiger partial charge in [0.15, 0.2) is 5.13 Å². The number of amides is 1. The molecule has 1 saturated heterocycles. The van der Waals surface area contributed by atoms with Crippen LogP contribution in [0.15, 0.2) is 11.6 Å². The van der Waals surface area contributed by atoms with Gasteiger partial charge in [0, 0.05) is 43.8 Å². The molecule has 1 aliphatic rings. The zero-order valence-electron chi connectivity index (χ0n) is 12.8. The highest BCUT2D eigenvalue weighted by atomic mass is 32.1. The number of carbonyl (C=O) groups excluding carboxylic acids is 1. The largest absolute Gasteiger partial charge is 0.392 e. The van der Waals surface area contributed by atoms with Crippen LogP contribution in [0.4, 0.5) is 5.13 Å². The molecule has 0 saturated carbocycles. The fourth-order valence-corrected chi connectivity index (χ4v) is 3.18. The van der Waals surface area contributed by atoms with Crippen molar-refractivity contribution in [1.29, 1.82) is 0 Å². The van der Waals surface area contributed by atoms with Gasteiger partial charge < -0.3 is 10.4 Å². The number of β-amino-alcohol motifs (C(OH)–C–C–N with tert-alkyl or cyclic N) is 1. The highest BCUT2D eigenvalue weighted by Crippen LogP contribution is 2.15. The van der Waals surface area contributed by atoms with Crippen LogP contribution in [0.25, 0.3) is 0 Å². The summed E-state index contributed by atoms with van der Waals surface area (Å²) in [6, 6.07) is 0.161. The van der Waals surface area contributed by atoms with Gasteiger partial charge in [-0.2, -0.15) is 0 Å². The highest BCUT2D eigenvalue weighted by molar-refractivity contribution is 7.13. The Morgan fingerprint density at radius 2 is 2.33 bits per heavy atom. The molecule has 0 aliphatic carbocycles. The minimum atomic E-state index is -0.315. The van der Waals surface area contributed by atoms with Gasteiger partial charge in [0.05, 0.1) is 12.1 Å². The Balaban J connectivity index is 1.86. The Kier molecular flexibility index (Phi) is 5.69. The lowest BCUT2D eigenvalue weighted by Crippen LogP contribution is -2.57. The number of rotatable bonds is 5. The molecular formula is C14H24N4O2S. The molecule has 1 aliphatic heterocycles. The Morgan fingerprint density at radius 1 is 1.57 bits per heavy atom. The number of hydrogen-bond acceptors (Lipinski definition) is 6. The average molecular weight is 312 g/mol. The maximum atomic E-state index is 12.2. The molecule has 0 bridgehead atoms. The number of piperazine rings is 1. The van der Waals surface area contributed by atoms with Gasteiger partial charge in [0.1, 0.15) is 0 Å². The first-order chi connectivity index (χ1) is 9.97. The summed E-state index contributed by atoms with van der Waals surface area (Å²) in [4.78, 5) is 20.8. The molecule has 21 heavy (non-hydrogen) atoms. The van der Waals surface area contributed by atoms with Crippen LogP contribution in [0, 0.1) is 0 Å². The Morgan fingerprint density at radius 3 is 2.90 bits per heavy atom. The number of carbonyl (C=O) groups is 1. The number of thiazole rings is 1. The number of anilines is 1. The average Bonchev–Trinajstić information content (AvgIpc) is 2.92. The van der Waals surface area contributed by atoms with Crippen LogP contribution in [0.2, 0.25) is 0 Å². The van der Waals surface area contributed by atoms with E-state index in [0.29, 0.717) is 17.7 Å². The highest BCUT2D eigenvalue weighted by Gasteiger charge is 2.30. The van der Waals surface area contributed by atoms with Gasteiger partial charge in [-0.15, -0.1) is 11.3 Å². The fraction of sp³-hybridized carbons (Fsp3) is 0.714. The van der Waals surface area contributed by atoms with E-state index in [1.807, 2.05) is 19.2 Å². The molecule has 0 aromatic carbocycles. The van der Waals surface area contributed by atoms with Crippen LogP contribution in [-0.2, 0) is 4.79 Å². The monoisotopic (exact) mass is 312 g/mol. The van der Waals surface area contributed by atoms with Crippen molar-refractivity contribution in [2.45, 2.75) is 39.0 Å². The van der Waals surface area contributed by atoms with Crippen molar-refractivity contribution < 1.29 is 9.90 Å². The summed E-state index contributed by atoms with van der Waals surface area (Å²) in [5.74, 6) is -0.0128. The zero-order chi connectivity index (χ0) is 15.4. The molecule has 1 amide bonds. The first kappa shape index (κ1) is 16.4. The molecule has 0 unspecified atom stereocenters. The third kappa shape index (κ3) is 4.47. The predicted octanol–water partition coefficient (Wildman–Crippen LogP) is 0.857. The standard InChI is InChI=1S/C14H24N4O2S/c1-10-8-18(6-5-17(10)9-11(2)19)12(3)13(20)16-14-15-4-7-21-14/h4,7,10-12,19H,5-6,8-9H2,1-3H3,(H,15,16,20)/t10-,11+,12+/m1/s1. The van der Waals surface area contributed by atoms with Gasteiger partial charge in [0.2, 0.25) is 5.91 Å². The van der Waals surface area contributed by atoms with Gasteiger partial charge in [0.25, 0.3) is 0 Å². The number of aliphatic hydroxyl groups is 1. The molecule has 3 atom stereocenters. The van der Waals surface area contributed by atoms with Gasteiger partial charge in [-0.05, 0) is 20.8 Å². The van der Waals surface area contributed by atoms with Crippen LogP contribution in [0.5, 0.6) is 0 Å². The lowest BCUT2D eigenvalue weighted by molar-refractivity contribution is -0.122. The van der Waals surface area contributed by atoms with Gasteiger partial charge in [-0.1, -0.05) is 0 Å². The predicted molar refractivity (Wildman–Crippen MR) is 84.5 cm³/mol. The number of nitrogens with zero attached hydrogens (tertiary/aromatic N) is 3. The number of nitrogens with one attached hydrogen (secondary N) is 1. The molecule has 2 heterocycles. The van der Waals surface area contributed by atoms with Crippen molar-refractivity contribution in [1.82, 2.24) is 14.8 Å². The van der Waals surface area contributed by atoms with E-state index in [2.05, 4.69) is 27.0 Å². The molecule has 0 spiro atoms. The Labute approximate surface area is 129 Å². The maximum Gasteiger partial charge on any atom is 0.243 e. The number of aromatic nitrogens is 1. The number of aliphatic hydroxyl groups excluding tert-OH is 1. The van der Waals surface area contributed by atoms with Crippen molar-refractivity contribution in [3.63, 3.8) is 0 Å². The van der Waals surface area contributed by atoms with Gasteiger partial charge in [-0.25, -0.2) is 4.98 Å². The third-order valence-electron chi connectivity index (χ3n) is 3.88. The summed E-state index contributed by atoms with van der Waals surface area (Å²) >= 11 is 1.43. The first-order valence-corrected chi connectivity index (χ1v) is 8.22. The fourth-order valence-electron chi connectivity index (χ4n) is 2.65. The minimum Gasteiger partial charge on any atom is -0.392 e. The van der Waals surface area contributed by atoms with E-state index in [9.17, 15) is 9.90 Å². The lowest BCUT2D eigenvalue weighted by atomic mass is 10.1. The van der Waals surface area contributed by atoms with E-state index >= 15 is 0 Å². The normalized spacial score (nSPS) is 23.7. The molecule has 2 N–H and O–H groups in total. The van der Waals surface area contributed by atoms with E-state index in [1.165, 1.54) is 11.3 Å². The Hall–Kier alpha value is -1.02. The summed E-state index contributed by atoms with van der Waals surface area (Å²) in [6.45, 7) is 9.11. The van der Waals surface area contributed by atoms with E-state index in [0.717, 1.165) is 19.6 Å². The smallest absolute Gasteiger partial charge is 0.243 e. The molecule has 1 fully saturated rings. The zero-order valence-corrected chi connectivity index (χ0v) is 13.6. The first-order valence-electron chi connectivity index (χ1n) is 7.34. The second-order valence-electron chi connectivity index (χ2n) is 5.69. The van der Waals surface area contributed by atoms with Crippen LogP contribution >= 0.6 is 11.3 Å². The van der Waals surface area contributed by atoms with E-state index < -0.39 is 0 Å². The van der Waals surface area contributed by atoms with E-state index in [4.69, 9.17) is 0 Å². The number of hydrogen-bond donors (Lipinski definition) is 2. The summed E-state index contributed by atoms with van der Waals surface area (Å²) in [5, 5.41) is 14.8. The topological polar surface area (TPSA) is 68.7 Å². The molecule has 0 radical (unpaired) electrons. The lowest BCUT2D eigenvalue weighted by Gasteiger charge is -2.42. The summed E-state index contributed by atoms with van der Waals surface area (Å²) in [5.41, 5.74) is 0. The second-order valence-corrected chi connectivity index (χ2v) is 6.58. The quantitative estimate of drug-likeness (QED) is 0.844. The molecular weight excluding hydrogens is 288 g/mol. The van der Waals surface area contributed by atoms with Crippen LogP contribution < -0.4 is 5.32 Å². The summed E-state index contributed by atoms with van der Waals surface area (Å²) < 4.78 is 0. The van der Waals surface area contributed by atoms with Crippen LogP contribution in [-0.4, -0.2) is 70.2 Å². The van der Waals surface area contributed by atoms with Crippen LogP contribution in [0.1, 0.15) is 20.8 Å². The van der Waals surface area contributed by atoms with Gasteiger partial charge >= 0.3 is 0 Å². The maximum absolute atomic E-state index is 12.2. The summed E-state index contributed by atoms with van der Waals surface area (Å²) in [7, 11) is 0. The van der Waals surface area contributed by atoms with Crippen LogP contribution in [0.3, 0.4) is 0 Å². The molecule has 1 aromatic heterocycles. The van der Waals surface area contributed by atoms with Crippen molar-refractivity contribution in [2.75, 3.05) is 31.5 Å². The molecule has 1 aromatic rings. The van der Waals surface area contributed by atoms with E-state index in [1.54, 1.807) is 6.20 Å². The van der Waals surface area contributed by atoms with E-state index in [-0.39, 0.29) is 18.1 Å². The van der Waals surface area contributed by atoms with Crippen molar-refractivity contribution >= 4 is 22.4 Å². The van der Waals surface area contributed by atoms with Crippen molar-refractivity contribution in [2.24, 2.45) is 0 Å². The molecule has 7 heteroatoms. The second kappa shape index (κ2) is 7.31. The van der Waals surface area contributed by atoms with Crippen molar-refractivity contribution in [3.8, 4) is 0 Å². The molecule has 2 rings (SSSR count). The Bertz CT molecular complexity index is 452. The minimum absolute atomic E-state index is 0.0128. The SMILES string of the molecule is C[C@H](O)CN1CCN([C@@H](C)C(=O)Nc2nccs2)C[C@H]1C. The third-order valence-corrected chi connectivity index (χ3v) is 4.57. The van der Waals surface area contributed by atoms with Gasteiger partial charge in [-0.3, -0.25) is 14.6 Å².